The molecule has 3 aromatic rings. The molecule has 0 unspecified atom stereocenters. The molecule has 0 spiro atoms. The van der Waals surface area contributed by atoms with Gasteiger partial charge in [0.25, 0.3) is 0 Å². The number of benzene rings is 2. The van der Waals surface area contributed by atoms with Crippen LogP contribution in [-0.2, 0) is 19.9 Å². The van der Waals surface area contributed by atoms with Crippen LogP contribution < -0.4 is 9.47 Å². The molecule has 0 bridgehead atoms. The van der Waals surface area contributed by atoms with E-state index in [-0.39, 0.29) is 11.4 Å². The van der Waals surface area contributed by atoms with E-state index >= 15 is 0 Å². The van der Waals surface area contributed by atoms with Crippen molar-refractivity contribution in [1.82, 2.24) is 0 Å². The topological polar surface area (TPSA) is 54.8 Å². The highest BCUT2D eigenvalue weighted by atomic mass is 19.4. The average molecular weight is 537 g/mol. The van der Waals surface area contributed by atoms with Crippen LogP contribution in [0.2, 0.25) is 0 Å². The normalized spacial score (nSPS) is 12.0. The predicted octanol–water partition coefficient (Wildman–Crippen LogP) is 9.42. The fourth-order valence-electron chi connectivity index (χ4n) is 4.49. The zero-order valence-corrected chi connectivity index (χ0v) is 23.1. The van der Waals surface area contributed by atoms with Gasteiger partial charge < -0.3 is 10.6 Å². The van der Waals surface area contributed by atoms with Gasteiger partial charge in [-0.25, -0.2) is 4.57 Å². The SMILES string of the molecule is CCCCCc1ccc(N(c2ccc(CCCCC)cc2)c2cc[n+](C)c(/C([NH-])=C/C(=N)C(F)(F)F)c2)cc1. The molecule has 0 saturated carbocycles. The van der Waals surface area contributed by atoms with Gasteiger partial charge in [-0.05, 0) is 67.2 Å². The Morgan fingerprint density at radius 3 is 1.74 bits per heavy atom. The van der Waals surface area contributed by atoms with Gasteiger partial charge in [-0.3, -0.25) is 5.41 Å². The maximum Gasteiger partial charge on any atom is 0.432 e. The molecule has 4 nitrogen and oxygen atoms in total. The Hall–Kier alpha value is -3.61. The minimum Gasteiger partial charge on any atom is -0.693 e. The molecule has 0 amide bonds. The summed E-state index contributed by atoms with van der Waals surface area (Å²) in [5.41, 5.74) is 11.8. The number of halogens is 3. The number of unbranched alkanes of at least 4 members (excludes halogenated alkanes) is 4. The van der Waals surface area contributed by atoms with Crippen molar-refractivity contribution < 1.29 is 17.7 Å². The number of aryl methyl sites for hydroxylation is 3. The van der Waals surface area contributed by atoms with Gasteiger partial charge in [-0.1, -0.05) is 69.5 Å². The van der Waals surface area contributed by atoms with E-state index < -0.39 is 11.9 Å². The molecular weight excluding hydrogens is 497 g/mol. The van der Waals surface area contributed by atoms with Crippen molar-refractivity contribution in [2.45, 2.75) is 71.4 Å². The first-order chi connectivity index (χ1) is 18.6. The fraction of sp³-hybridized carbons (Fsp3) is 0.375. The Morgan fingerprint density at radius 2 is 1.31 bits per heavy atom. The van der Waals surface area contributed by atoms with E-state index in [4.69, 9.17) is 11.1 Å². The summed E-state index contributed by atoms with van der Waals surface area (Å²) in [7, 11) is 1.68. The standard InChI is InChI=1S/C32H39F3N4/c1-4-6-8-10-24-12-16-26(17-13-24)39(27-18-14-25(15-19-27)11-9-7-5-2)28-20-21-38(3)30(22-28)29(36)23-31(37)32(33,34)35/h12-23,36-37H,4-11H2,1-3H3/b29-23-,37-31?. The molecular formula is C32H39F3N4. The van der Waals surface area contributed by atoms with Crippen molar-refractivity contribution in [3.8, 4) is 0 Å². The van der Waals surface area contributed by atoms with Gasteiger partial charge in [0.15, 0.2) is 11.9 Å². The first-order valence-corrected chi connectivity index (χ1v) is 13.7. The van der Waals surface area contributed by atoms with Crippen LogP contribution in [0.5, 0.6) is 0 Å². The van der Waals surface area contributed by atoms with Gasteiger partial charge in [0, 0.05) is 23.5 Å². The monoisotopic (exact) mass is 536 g/mol. The molecule has 39 heavy (non-hydrogen) atoms. The van der Waals surface area contributed by atoms with Crippen LogP contribution >= 0.6 is 0 Å². The molecule has 1 heterocycles. The van der Waals surface area contributed by atoms with Crippen molar-refractivity contribution in [3.63, 3.8) is 0 Å². The Morgan fingerprint density at radius 1 is 0.821 bits per heavy atom. The third kappa shape index (κ3) is 8.44. The lowest BCUT2D eigenvalue weighted by Crippen LogP contribution is -2.33. The third-order valence-electron chi connectivity index (χ3n) is 6.79. The second-order valence-corrected chi connectivity index (χ2v) is 9.93. The molecule has 2 N–H and O–H groups in total. The van der Waals surface area contributed by atoms with Crippen molar-refractivity contribution in [3.05, 3.63) is 95.5 Å². The molecule has 0 aliphatic heterocycles. The fourth-order valence-corrected chi connectivity index (χ4v) is 4.49. The minimum atomic E-state index is -4.80. The Labute approximate surface area is 230 Å². The highest BCUT2D eigenvalue weighted by molar-refractivity contribution is 6.02. The number of nitrogens with zero attached hydrogens (tertiary/aromatic N) is 2. The van der Waals surface area contributed by atoms with Crippen LogP contribution in [-0.4, -0.2) is 11.9 Å². The quantitative estimate of drug-likeness (QED) is 0.132. The van der Waals surface area contributed by atoms with E-state index in [1.165, 1.54) is 36.8 Å². The molecule has 0 radical (unpaired) electrons. The number of aromatic nitrogens is 1. The third-order valence-corrected chi connectivity index (χ3v) is 6.79. The van der Waals surface area contributed by atoms with Crippen molar-refractivity contribution in [2.75, 3.05) is 4.90 Å². The van der Waals surface area contributed by atoms with Crippen molar-refractivity contribution >= 4 is 28.5 Å². The number of anilines is 3. The highest BCUT2D eigenvalue weighted by Crippen LogP contribution is 2.35. The molecule has 1 aromatic heterocycles. The maximum absolute atomic E-state index is 13.0. The van der Waals surface area contributed by atoms with Crippen LogP contribution in [0.4, 0.5) is 30.2 Å². The van der Waals surface area contributed by atoms with Crippen LogP contribution in [0.15, 0.2) is 72.9 Å². The van der Waals surface area contributed by atoms with Gasteiger partial charge in [0.05, 0.1) is 5.69 Å². The number of rotatable bonds is 13. The van der Waals surface area contributed by atoms with Gasteiger partial charge in [0.2, 0.25) is 0 Å². The van der Waals surface area contributed by atoms with Gasteiger partial charge in [-0.15, -0.1) is 0 Å². The lowest BCUT2D eigenvalue weighted by Gasteiger charge is -2.26. The molecule has 0 atom stereocenters. The van der Waals surface area contributed by atoms with E-state index in [1.54, 1.807) is 23.9 Å². The Balaban J connectivity index is 2.02. The molecule has 0 aliphatic carbocycles. The molecule has 0 aliphatic rings. The van der Waals surface area contributed by atoms with Crippen LogP contribution in [0.3, 0.4) is 0 Å². The number of hydrogen-bond acceptors (Lipinski definition) is 2. The minimum absolute atomic E-state index is 0.277. The second kappa shape index (κ2) is 14.0. The summed E-state index contributed by atoms with van der Waals surface area (Å²) in [5, 5.41) is 7.32. The summed E-state index contributed by atoms with van der Waals surface area (Å²) >= 11 is 0. The number of alkyl halides is 3. The van der Waals surface area contributed by atoms with Crippen LogP contribution in [0, 0.1) is 5.41 Å². The van der Waals surface area contributed by atoms with Crippen molar-refractivity contribution in [2.24, 2.45) is 7.05 Å². The lowest BCUT2D eigenvalue weighted by molar-refractivity contribution is -0.673. The predicted molar refractivity (Wildman–Crippen MR) is 155 cm³/mol. The first-order valence-electron chi connectivity index (χ1n) is 13.7. The van der Waals surface area contributed by atoms with E-state index in [0.717, 1.165) is 42.7 Å². The summed E-state index contributed by atoms with van der Waals surface area (Å²) < 4.78 is 40.5. The van der Waals surface area contributed by atoms with Gasteiger partial charge in [0.1, 0.15) is 12.8 Å². The number of nitrogens with one attached hydrogen (secondary N) is 2. The van der Waals surface area contributed by atoms with E-state index in [1.807, 2.05) is 6.07 Å². The summed E-state index contributed by atoms with van der Waals surface area (Å²) in [6, 6.07) is 20.4. The van der Waals surface area contributed by atoms with E-state index in [0.29, 0.717) is 6.08 Å². The van der Waals surface area contributed by atoms with Crippen LogP contribution in [0.1, 0.15) is 69.2 Å². The highest BCUT2D eigenvalue weighted by Gasteiger charge is 2.32. The molecule has 2 aromatic carbocycles. The zero-order valence-electron chi connectivity index (χ0n) is 23.1. The summed E-state index contributed by atoms with van der Waals surface area (Å²) in [5.74, 6) is 0. The lowest BCUT2D eigenvalue weighted by atomic mass is 10.0. The zero-order chi connectivity index (χ0) is 28.4. The summed E-state index contributed by atoms with van der Waals surface area (Å²) in [6.07, 6.45) is 6.53. The largest absolute Gasteiger partial charge is 0.693 e. The first kappa shape index (κ1) is 29.9. The molecule has 0 fully saturated rings. The van der Waals surface area contributed by atoms with Crippen LogP contribution in [0.25, 0.3) is 11.4 Å². The molecule has 0 saturated heterocycles. The molecule has 7 heteroatoms. The average Bonchev–Trinajstić information content (AvgIpc) is 2.91. The number of pyridine rings is 1. The second-order valence-electron chi connectivity index (χ2n) is 9.93. The maximum atomic E-state index is 13.0. The summed E-state index contributed by atoms with van der Waals surface area (Å²) in [6.45, 7) is 4.38. The van der Waals surface area contributed by atoms with Gasteiger partial charge in [-0.2, -0.15) is 13.2 Å². The smallest absolute Gasteiger partial charge is 0.432 e. The van der Waals surface area contributed by atoms with E-state index in [9.17, 15) is 13.2 Å². The summed E-state index contributed by atoms with van der Waals surface area (Å²) in [4.78, 5) is 2.05. The van der Waals surface area contributed by atoms with Gasteiger partial charge >= 0.3 is 6.18 Å². The molecule has 208 valence electrons. The van der Waals surface area contributed by atoms with E-state index in [2.05, 4.69) is 67.3 Å². The Bertz CT molecular complexity index is 1190. The number of allylic oxidation sites excluding steroid dienone is 1. The Kier molecular flexibility index (Phi) is 10.7. The number of hydrogen-bond donors (Lipinski definition) is 1. The van der Waals surface area contributed by atoms with Crippen molar-refractivity contribution in [1.29, 1.82) is 5.41 Å². The molecule has 3 rings (SSSR count).